The van der Waals surface area contributed by atoms with Gasteiger partial charge in [0.1, 0.15) is 12.7 Å². The largest absolute Gasteiger partial charge is 0.336 e. The number of fused-ring (bicyclic) bond motifs is 1. The highest BCUT2D eigenvalue weighted by molar-refractivity contribution is 5.90. The molecule has 8 nitrogen and oxygen atoms in total. The van der Waals surface area contributed by atoms with Crippen molar-refractivity contribution >= 4 is 5.91 Å². The molecule has 1 aliphatic heterocycles. The van der Waals surface area contributed by atoms with Crippen LogP contribution in [0.25, 0.3) is 5.95 Å². The summed E-state index contributed by atoms with van der Waals surface area (Å²) in [6.45, 7) is 1.68. The fourth-order valence-electron chi connectivity index (χ4n) is 3.70. The van der Waals surface area contributed by atoms with Crippen molar-refractivity contribution in [3.8, 4) is 5.95 Å². The van der Waals surface area contributed by atoms with Gasteiger partial charge in [-0.05, 0) is 24.7 Å². The molecule has 0 unspecified atom stereocenters. The summed E-state index contributed by atoms with van der Waals surface area (Å²) >= 11 is 0. The van der Waals surface area contributed by atoms with E-state index < -0.39 is 0 Å². The number of H-pyrrole nitrogens is 1. The Labute approximate surface area is 127 Å². The van der Waals surface area contributed by atoms with E-state index in [1.807, 2.05) is 4.90 Å². The van der Waals surface area contributed by atoms with Crippen molar-refractivity contribution in [1.29, 1.82) is 0 Å². The molecule has 1 amide bonds. The number of nitrogens with zero attached hydrogens (tertiary/aromatic N) is 6. The normalized spacial score (nSPS) is 25.0. The van der Waals surface area contributed by atoms with Gasteiger partial charge in [-0.25, -0.2) is 0 Å². The zero-order valence-electron chi connectivity index (χ0n) is 12.4. The van der Waals surface area contributed by atoms with E-state index in [0.29, 0.717) is 11.9 Å². The van der Waals surface area contributed by atoms with Crippen LogP contribution >= 0.6 is 0 Å². The number of likely N-dealkylation sites (tertiary alicyclic amines) is 1. The Balaban J connectivity index is 1.48. The van der Waals surface area contributed by atoms with E-state index in [1.54, 1.807) is 4.57 Å². The molecule has 0 bridgehead atoms. The molecular formula is C14H19N7O. The smallest absolute Gasteiger partial charge is 0.291 e. The molecular weight excluding hydrogens is 282 g/mol. The van der Waals surface area contributed by atoms with E-state index in [2.05, 4.69) is 25.4 Å². The Morgan fingerprint density at radius 1 is 1.14 bits per heavy atom. The highest BCUT2D eigenvalue weighted by Gasteiger charge is 2.34. The first-order valence-corrected chi connectivity index (χ1v) is 7.88. The minimum absolute atomic E-state index is 0.0594. The van der Waals surface area contributed by atoms with Gasteiger partial charge in [0.15, 0.2) is 0 Å². The molecule has 1 aliphatic carbocycles. The summed E-state index contributed by atoms with van der Waals surface area (Å²) in [4.78, 5) is 18.8. The van der Waals surface area contributed by atoms with Crippen LogP contribution in [-0.2, 0) is 0 Å². The van der Waals surface area contributed by atoms with Crippen LogP contribution in [0.2, 0.25) is 0 Å². The number of hydrogen-bond acceptors (Lipinski definition) is 5. The molecule has 2 atom stereocenters. The summed E-state index contributed by atoms with van der Waals surface area (Å²) in [5, 5.41) is 14.2. The Kier molecular flexibility index (Phi) is 3.36. The van der Waals surface area contributed by atoms with E-state index >= 15 is 0 Å². The number of aromatic nitrogens is 6. The highest BCUT2D eigenvalue weighted by atomic mass is 16.2. The van der Waals surface area contributed by atoms with Crippen LogP contribution in [0.3, 0.4) is 0 Å². The SMILES string of the molecule is O=C(c1nc(-n2cnnc2)n[nH]1)N1CC[C@@H]2CCCC[C@H]2C1. The van der Waals surface area contributed by atoms with Crippen LogP contribution < -0.4 is 0 Å². The Hall–Kier alpha value is -2.25. The van der Waals surface area contributed by atoms with Crippen molar-refractivity contribution in [2.24, 2.45) is 11.8 Å². The van der Waals surface area contributed by atoms with Crippen molar-refractivity contribution in [2.75, 3.05) is 13.1 Å². The van der Waals surface area contributed by atoms with E-state index in [4.69, 9.17) is 0 Å². The number of carbonyl (C=O) groups excluding carboxylic acids is 1. The number of hydrogen-bond donors (Lipinski definition) is 1. The first-order chi connectivity index (χ1) is 10.8. The summed E-state index contributed by atoms with van der Waals surface area (Å²) in [6.07, 6.45) is 9.34. The Morgan fingerprint density at radius 3 is 2.73 bits per heavy atom. The van der Waals surface area contributed by atoms with Crippen molar-refractivity contribution in [3.05, 3.63) is 18.5 Å². The second-order valence-electron chi connectivity index (χ2n) is 6.20. The molecule has 0 radical (unpaired) electrons. The molecule has 8 heteroatoms. The first-order valence-electron chi connectivity index (χ1n) is 7.88. The summed E-state index contributed by atoms with van der Waals surface area (Å²) in [5.41, 5.74) is 0. The lowest BCUT2D eigenvalue weighted by molar-refractivity contribution is 0.0510. The minimum atomic E-state index is -0.0594. The number of nitrogens with one attached hydrogen (secondary N) is 1. The van der Waals surface area contributed by atoms with Gasteiger partial charge in [0.25, 0.3) is 11.9 Å². The third-order valence-electron chi connectivity index (χ3n) is 4.90. The van der Waals surface area contributed by atoms with Gasteiger partial charge in [-0.1, -0.05) is 19.3 Å². The predicted octanol–water partition coefficient (Wildman–Crippen LogP) is 1.04. The zero-order chi connectivity index (χ0) is 14.9. The molecule has 3 heterocycles. The van der Waals surface area contributed by atoms with E-state index in [0.717, 1.165) is 25.4 Å². The standard InChI is InChI=1S/C14H19N7O/c22-13(12-17-14(19-18-12)21-8-15-16-9-21)20-6-5-10-3-1-2-4-11(10)7-20/h8-11H,1-7H2,(H,17,18,19)/t10-,11-/m0/s1. The van der Waals surface area contributed by atoms with Crippen molar-refractivity contribution < 1.29 is 4.79 Å². The third-order valence-corrected chi connectivity index (χ3v) is 4.90. The predicted molar refractivity (Wildman–Crippen MR) is 77.3 cm³/mol. The zero-order valence-corrected chi connectivity index (χ0v) is 12.4. The summed E-state index contributed by atoms with van der Waals surface area (Å²) in [5.74, 6) is 2.08. The average Bonchev–Trinajstić information content (AvgIpc) is 3.24. The van der Waals surface area contributed by atoms with Gasteiger partial charge in [-0.3, -0.25) is 14.5 Å². The van der Waals surface area contributed by atoms with Gasteiger partial charge in [0.2, 0.25) is 5.82 Å². The van der Waals surface area contributed by atoms with Crippen LogP contribution in [-0.4, -0.2) is 53.8 Å². The van der Waals surface area contributed by atoms with Crippen molar-refractivity contribution in [3.63, 3.8) is 0 Å². The van der Waals surface area contributed by atoms with E-state index in [1.165, 1.54) is 38.3 Å². The fourth-order valence-corrected chi connectivity index (χ4v) is 3.70. The molecule has 2 fully saturated rings. The lowest BCUT2D eigenvalue weighted by Gasteiger charge is -2.40. The Bertz CT molecular complexity index is 650. The number of aromatic amines is 1. The van der Waals surface area contributed by atoms with Crippen LogP contribution in [0.4, 0.5) is 0 Å². The maximum absolute atomic E-state index is 12.6. The van der Waals surface area contributed by atoms with Crippen molar-refractivity contribution in [1.82, 2.24) is 34.8 Å². The second-order valence-corrected chi connectivity index (χ2v) is 6.20. The first kappa shape index (κ1) is 13.4. The van der Waals surface area contributed by atoms with Gasteiger partial charge in [0.05, 0.1) is 0 Å². The summed E-state index contributed by atoms with van der Waals surface area (Å²) < 4.78 is 1.57. The van der Waals surface area contributed by atoms with E-state index in [-0.39, 0.29) is 11.7 Å². The maximum atomic E-state index is 12.6. The molecule has 1 N–H and O–H groups in total. The minimum Gasteiger partial charge on any atom is -0.336 e. The van der Waals surface area contributed by atoms with Crippen LogP contribution in [0, 0.1) is 11.8 Å². The number of rotatable bonds is 2. The second kappa shape index (κ2) is 5.51. The van der Waals surface area contributed by atoms with Crippen molar-refractivity contribution in [2.45, 2.75) is 32.1 Å². The molecule has 1 saturated carbocycles. The Morgan fingerprint density at radius 2 is 1.91 bits per heavy atom. The van der Waals surface area contributed by atoms with Crippen LogP contribution in [0.1, 0.15) is 42.7 Å². The topological polar surface area (TPSA) is 92.6 Å². The molecule has 2 aliphatic rings. The molecule has 22 heavy (non-hydrogen) atoms. The van der Waals surface area contributed by atoms with E-state index in [9.17, 15) is 4.79 Å². The maximum Gasteiger partial charge on any atom is 0.291 e. The molecule has 4 rings (SSSR count). The van der Waals surface area contributed by atoms with Gasteiger partial charge < -0.3 is 4.90 Å². The lowest BCUT2D eigenvalue weighted by Crippen LogP contribution is -2.45. The highest BCUT2D eigenvalue weighted by Crippen LogP contribution is 2.36. The third kappa shape index (κ3) is 2.38. The average molecular weight is 301 g/mol. The molecule has 2 aromatic rings. The molecule has 0 spiro atoms. The summed E-state index contributed by atoms with van der Waals surface area (Å²) in [6, 6.07) is 0. The monoisotopic (exact) mass is 301 g/mol. The van der Waals surface area contributed by atoms with Gasteiger partial charge in [0, 0.05) is 13.1 Å². The molecule has 116 valence electrons. The number of piperidine rings is 1. The van der Waals surface area contributed by atoms with Crippen LogP contribution in [0.15, 0.2) is 12.7 Å². The molecule has 0 aromatic carbocycles. The van der Waals surface area contributed by atoms with Gasteiger partial charge in [-0.15, -0.1) is 15.3 Å². The number of carbonyl (C=O) groups is 1. The lowest BCUT2D eigenvalue weighted by atomic mass is 9.75. The molecule has 1 saturated heterocycles. The van der Waals surface area contributed by atoms with Gasteiger partial charge in [-0.2, -0.15) is 4.98 Å². The quantitative estimate of drug-likeness (QED) is 0.894. The summed E-state index contributed by atoms with van der Waals surface area (Å²) in [7, 11) is 0. The number of amides is 1. The van der Waals surface area contributed by atoms with Crippen LogP contribution in [0.5, 0.6) is 0 Å². The molecule has 2 aromatic heterocycles. The fraction of sp³-hybridized carbons (Fsp3) is 0.643. The van der Waals surface area contributed by atoms with Gasteiger partial charge >= 0.3 is 0 Å².